The Hall–Kier alpha value is -1.95. The van der Waals surface area contributed by atoms with Crippen LogP contribution in [-0.4, -0.2) is 52.2 Å². The van der Waals surface area contributed by atoms with E-state index in [2.05, 4.69) is 9.88 Å². The summed E-state index contributed by atoms with van der Waals surface area (Å²) in [5.41, 5.74) is 1.46. The van der Waals surface area contributed by atoms with E-state index in [1.54, 1.807) is 17.4 Å². The molecular formula is C16H21ClN4O2. The number of carbonyl (C=O) groups excluding carboxylic acids is 1. The predicted molar refractivity (Wildman–Crippen MR) is 90.2 cm³/mol. The van der Waals surface area contributed by atoms with Gasteiger partial charge in [-0.2, -0.15) is 0 Å². The van der Waals surface area contributed by atoms with Gasteiger partial charge in [0.15, 0.2) is 0 Å². The lowest BCUT2D eigenvalue weighted by Gasteiger charge is -2.36. The van der Waals surface area contributed by atoms with Crippen LogP contribution in [0.3, 0.4) is 0 Å². The second-order valence-electron chi connectivity index (χ2n) is 6.69. The summed E-state index contributed by atoms with van der Waals surface area (Å²) in [4.78, 5) is 20.2. The second kappa shape index (κ2) is 5.92. The van der Waals surface area contributed by atoms with Gasteiger partial charge in [0.05, 0.1) is 28.8 Å². The maximum Gasteiger partial charge on any atom is 0.410 e. The number of anilines is 1. The number of rotatable bonds is 1. The number of halogens is 1. The van der Waals surface area contributed by atoms with E-state index in [0.29, 0.717) is 18.1 Å². The van der Waals surface area contributed by atoms with Gasteiger partial charge in [0, 0.05) is 32.4 Å². The standard InChI is InChI=1S/C16H21ClN4O2/c1-16(2,3)23-15(22)20-6-4-19(5-7-20)12-8-13(17)14-9-18-11-21(14)10-12/h8-11H,4-7H2,1-3H3. The number of carbonyl (C=O) groups is 1. The molecule has 0 radical (unpaired) electrons. The number of hydrogen-bond donors (Lipinski definition) is 0. The van der Waals surface area contributed by atoms with Crippen molar-refractivity contribution >= 4 is 28.9 Å². The lowest BCUT2D eigenvalue weighted by molar-refractivity contribution is 0.0240. The zero-order chi connectivity index (χ0) is 16.6. The number of pyridine rings is 1. The van der Waals surface area contributed by atoms with Crippen molar-refractivity contribution in [3.05, 3.63) is 29.8 Å². The Morgan fingerprint density at radius 1 is 1.26 bits per heavy atom. The number of fused-ring (bicyclic) bond motifs is 1. The Labute approximate surface area is 140 Å². The van der Waals surface area contributed by atoms with Gasteiger partial charge in [-0.05, 0) is 26.8 Å². The van der Waals surface area contributed by atoms with E-state index in [0.717, 1.165) is 24.3 Å². The largest absolute Gasteiger partial charge is 0.444 e. The van der Waals surface area contributed by atoms with Crippen LogP contribution in [0.5, 0.6) is 0 Å². The number of aromatic nitrogens is 2. The number of nitrogens with zero attached hydrogens (tertiary/aromatic N) is 4. The Morgan fingerprint density at radius 3 is 2.61 bits per heavy atom. The first-order valence-electron chi connectivity index (χ1n) is 7.67. The van der Waals surface area contributed by atoms with Gasteiger partial charge in [0.2, 0.25) is 0 Å². The fourth-order valence-electron chi connectivity index (χ4n) is 2.62. The third-order valence-electron chi connectivity index (χ3n) is 3.75. The van der Waals surface area contributed by atoms with Crippen molar-refractivity contribution in [3.8, 4) is 0 Å². The highest BCUT2D eigenvalue weighted by Crippen LogP contribution is 2.25. The minimum Gasteiger partial charge on any atom is -0.444 e. The third kappa shape index (κ3) is 3.52. The van der Waals surface area contributed by atoms with Gasteiger partial charge >= 0.3 is 6.09 Å². The minimum atomic E-state index is -0.464. The molecular weight excluding hydrogens is 316 g/mol. The van der Waals surface area contributed by atoms with Gasteiger partial charge in [0.25, 0.3) is 0 Å². The highest BCUT2D eigenvalue weighted by Gasteiger charge is 2.26. The van der Waals surface area contributed by atoms with Crippen LogP contribution >= 0.6 is 11.6 Å². The van der Waals surface area contributed by atoms with Gasteiger partial charge in [0.1, 0.15) is 5.60 Å². The molecule has 0 atom stereocenters. The van der Waals surface area contributed by atoms with Crippen LogP contribution in [-0.2, 0) is 4.74 Å². The van der Waals surface area contributed by atoms with E-state index >= 15 is 0 Å². The summed E-state index contributed by atoms with van der Waals surface area (Å²) >= 11 is 6.30. The molecule has 23 heavy (non-hydrogen) atoms. The summed E-state index contributed by atoms with van der Waals surface area (Å²) in [6, 6.07) is 1.95. The Bertz CT molecular complexity index is 714. The maximum atomic E-state index is 12.1. The molecule has 1 amide bonds. The van der Waals surface area contributed by atoms with Crippen molar-refractivity contribution in [2.45, 2.75) is 26.4 Å². The monoisotopic (exact) mass is 336 g/mol. The summed E-state index contributed by atoms with van der Waals surface area (Å²) in [6.07, 6.45) is 5.24. The molecule has 7 heteroatoms. The Balaban J connectivity index is 1.67. The number of imidazole rings is 1. The lowest BCUT2D eigenvalue weighted by atomic mass is 10.2. The average molecular weight is 337 g/mol. The van der Waals surface area contributed by atoms with Crippen LogP contribution in [0.1, 0.15) is 20.8 Å². The highest BCUT2D eigenvalue weighted by molar-refractivity contribution is 6.34. The summed E-state index contributed by atoms with van der Waals surface area (Å²) in [5.74, 6) is 0. The van der Waals surface area contributed by atoms with Crippen LogP contribution < -0.4 is 4.90 Å². The number of piperazine rings is 1. The van der Waals surface area contributed by atoms with Crippen molar-refractivity contribution in [3.63, 3.8) is 0 Å². The Kier molecular flexibility index (Phi) is 4.10. The number of amides is 1. The summed E-state index contributed by atoms with van der Waals surface area (Å²) in [7, 11) is 0. The number of hydrogen-bond acceptors (Lipinski definition) is 4. The van der Waals surface area contributed by atoms with E-state index in [1.165, 1.54) is 0 Å². The van der Waals surface area contributed by atoms with Crippen molar-refractivity contribution in [2.75, 3.05) is 31.1 Å². The Morgan fingerprint density at radius 2 is 1.96 bits per heavy atom. The van der Waals surface area contributed by atoms with Gasteiger partial charge in [-0.1, -0.05) is 11.6 Å². The molecule has 1 fully saturated rings. The quantitative estimate of drug-likeness (QED) is 0.803. The molecule has 6 nitrogen and oxygen atoms in total. The second-order valence-corrected chi connectivity index (χ2v) is 7.09. The van der Waals surface area contributed by atoms with Gasteiger partial charge in [-0.15, -0.1) is 0 Å². The van der Waals surface area contributed by atoms with Crippen molar-refractivity contribution in [2.24, 2.45) is 0 Å². The van der Waals surface area contributed by atoms with E-state index in [9.17, 15) is 4.79 Å². The zero-order valence-electron chi connectivity index (χ0n) is 13.6. The molecule has 2 aromatic rings. The van der Waals surface area contributed by atoms with E-state index in [-0.39, 0.29) is 6.09 Å². The molecule has 3 rings (SSSR count). The maximum absolute atomic E-state index is 12.1. The fraction of sp³-hybridized carbons (Fsp3) is 0.500. The lowest BCUT2D eigenvalue weighted by Crippen LogP contribution is -2.50. The molecule has 0 N–H and O–H groups in total. The van der Waals surface area contributed by atoms with E-state index in [4.69, 9.17) is 16.3 Å². The molecule has 0 saturated carbocycles. The van der Waals surface area contributed by atoms with E-state index < -0.39 is 5.60 Å². The predicted octanol–water partition coefficient (Wildman–Crippen LogP) is 3.04. The van der Waals surface area contributed by atoms with Crippen LogP contribution in [0.25, 0.3) is 5.52 Å². The third-order valence-corrected chi connectivity index (χ3v) is 4.06. The molecule has 1 aliphatic heterocycles. The molecule has 0 spiro atoms. The molecule has 2 aromatic heterocycles. The molecule has 124 valence electrons. The average Bonchev–Trinajstić information content (AvgIpc) is 2.94. The highest BCUT2D eigenvalue weighted by atomic mass is 35.5. The number of ether oxygens (including phenoxy) is 1. The zero-order valence-corrected chi connectivity index (χ0v) is 14.4. The van der Waals surface area contributed by atoms with Crippen LogP contribution in [0.2, 0.25) is 5.02 Å². The van der Waals surface area contributed by atoms with Crippen molar-refractivity contribution in [1.82, 2.24) is 14.3 Å². The van der Waals surface area contributed by atoms with E-state index in [1.807, 2.05) is 37.4 Å². The first-order chi connectivity index (χ1) is 10.8. The first kappa shape index (κ1) is 15.9. The molecule has 0 aromatic carbocycles. The summed E-state index contributed by atoms with van der Waals surface area (Å²) < 4.78 is 7.33. The normalized spacial score (nSPS) is 16.0. The van der Waals surface area contributed by atoms with Crippen LogP contribution in [0, 0.1) is 0 Å². The summed E-state index contributed by atoms with van der Waals surface area (Å²) in [6.45, 7) is 8.39. The minimum absolute atomic E-state index is 0.250. The molecule has 1 aliphatic rings. The summed E-state index contributed by atoms with van der Waals surface area (Å²) in [5, 5.41) is 0.676. The van der Waals surface area contributed by atoms with Crippen LogP contribution in [0.15, 0.2) is 24.8 Å². The fourth-order valence-corrected chi connectivity index (χ4v) is 2.88. The topological polar surface area (TPSA) is 50.1 Å². The molecule has 0 aliphatic carbocycles. The van der Waals surface area contributed by atoms with Crippen molar-refractivity contribution < 1.29 is 9.53 Å². The molecule has 3 heterocycles. The SMILES string of the molecule is CC(C)(C)OC(=O)N1CCN(c2cc(Cl)c3cncn3c2)CC1. The first-order valence-corrected chi connectivity index (χ1v) is 8.05. The molecule has 1 saturated heterocycles. The molecule has 0 unspecified atom stereocenters. The van der Waals surface area contributed by atoms with Crippen LogP contribution in [0.4, 0.5) is 10.5 Å². The van der Waals surface area contributed by atoms with Gasteiger partial charge in [-0.3, -0.25) is 0 Å². The smallest absolute Gasteiger partial charge is 0.410 e. The molecule has 0 bridgehead atoms. The van der Waals surface area contributed by atoms with Crippen molar-refractivity contribution in [1.29, 1.82) is 0 Å². The van der Waals surface area contributed by atoms with Gasteiger partial charge in [-0.25, -0.2) is 9.78 Å². The van der Waals surface area contributed by atoms with Gasteiger partial charge < -0.3 is 18.9 Å².